The fraction of sp³-hybridized carbons (Fsp3) is 0.0952. The van der Waals surface area contributed by atoms with Crippen molar-refractivity contribution < 1.29 is 13.6 Å². The molecule has 5 nitrogen and oxygen atoms in total. The number of rotatable bonds is 4. The summed E-state index contributed by atoms with van der Waals surface area (Å²) in [6, 6.07) is 16.8. The number of anilines is 1. The number of halogens is 2. The molecule has 0 saturated carbocycles. The van der Waals surface area contributed by atoms with Gasteiger partial charge in [0.05, 0.1) is 16.6 Å². The monoisotopic (exact) mass is 378 g/mol. The summed E-state index contributed by atoms with van der Waals surface area (Å²) in [5, 5.41) is 2.77. The SMILES string of the molecule is Cc1ccc(C(=O)Nc2ccc(-c3nc4ccccc4n3C(F)F)cc2)cn1. The first kappa shape index (κ1) is 17.8. The molecule has 0 aliphatic carbocycles. The van der Waals surface area contributed by atoms with E-state index < -0.39 is 6.55 Å². The summed E-state index contributed by atoms with van der Waals surface area (Å²) >= 11 is 0. The molecule has 0 radical (unpaired) electrons. The number of amides is 1. The van der Waals surface area contributed by atoms with Gasteiger partial charge >= 0.3 is 6.55 Å². The van der Waals surface area contributed by atoms with E-state index in [1.54, 1.807) is 60.7 Å². The molecule has 0 aliphatic rings. The number of aryl methyl sites for hydroxylation is 1. The molecule has 2 aromatic carbocycles. The van der Waals surface area contributed by atoms with Crippen LogP contribution in [0.15, 0.2) is 66.9 Å². The van der Waals surface area contributed by atoms with Crippen molar-refractivity contribution in [2.45, 2.75) is 13.5 Å². The maximum Gasteiger partial charge on any atom is 0.320 e. The highest BCUT2D eigenvalue weighted by Gasteiger charge is 2.18. The molecule has 4 rings (SSSR count). The average molecular weight is 378 g/mol. The Bertz CT molecular complexity index is 1140. The van der Waals surface area contributed by atoms with Crippen LogP contribution in [-0.4, -0.2) is 20.4 Å². The number of alkyl halides is 2. The number of imidazole rings is 1. The van der Waals surface area contributed by atoms with Gasteiger partial charge in [-0.15, -0.1) is 0 Å². The third-order valence-electron chi connectivity index (χ3n) is 4.37. The third-order valence-corrected chi connectivity index (χ3v) is 4.37. The predicted molar refractivity (Wildman–Crippen MR) is 103 cm³/mol. The van der Waals surface area contributed by atoms with E-state index in [4.69, 9.17) is 0 Å². The molecule has 1 amide bonds. The smallest absolute Gasteiger partial charge is 0.320 e. The standard InChI is InChI=1S/C21H16F2N4O/c1-13-6-7-15(12-24-13)20(28)25-16-10-8-14(9-11-16)19-26-17-4-2-3-5-18(17)27(19)21(22)23/h2-12,21H,1H3,(H,25,28). The number of para-hydroxylation sites is 2. The average Bonchev–Trinajstić information content (AvgIpc) is 3.09. The minimum Gasteiger partial charge on any atom is -0.322 e. The zero-order valence-corrected chi connectivity index (χ0v) is 14.9. The lowest BCUT2D eigenvalue weighted by Crippen LogP contribution is -2.12. The van der Waals surface area contributed by atoms with Crippen LogP contribution in [0.3, 0.4) is 0 Å². The summed E-state index contributed by atoms with van der Waals surface area (Å²) in [5.41, 5.74) is 3.22. The molecule has 0 unspecified atom stereocenters. The maximum absolute atomic E-state index is 13.6. The van der Waals surface area contributed by atoms with E-state index in [1.807, 2.05) is 6.92 Å². The van der Waals surface area contributed by atoms with Crippen molar-refractivity contribution in [3.8, 4) is 11.4 Å². The number of nitrogens with zero attached hydrogens (tertiary/aromatic N) is 3. The first-order chi connectivity index (χ1) is 13.5. The number of carbonyl (C=O) groups is 1. The third kappa shape index (κ3) is 3.34. The van der Waals surface area contributed by atoms with Gasteiger partial charge in [-0.25, -0.2) is 4.98 Å². The highest BCUT2D eigenvalue weighted by atomic mass is 19.3. The van der Waals surface area contributed by atoms with Gasteiger partial charge in [0.1, 0.15) is 5.82 Å². The minimum atomic E-state index is -2.71. The largest absolute Gasteiger partial charge is 0.322 e. The molecule has 28 heavy (non-hydrogen) atoms. The van der Waals surface area contributed by atoms with Crippen molar-refractivity contribution in [1.82, 2.24) is 14.5 Å². The molecule has 140 valence electrons. The zero-order valence-electron chi connectivity index (χ0n) is 14.9. The van der Waals surface area contributed by atoms with Crippen LogP contribution in [0.25, 0.3) is 22.4 Å². The second-order valence-electron chi connectivity index (χ2n) is 6.29. The Hall–Kier alpha value is -3.61. The number of pyridine rings is 1. The lowest BCUT2D eigenvalue weighted by atomic mass is 10.2. The van der Waals surface area contributed by atoms with Crippen LogP contribution >= 0.6 is 0 Å². The van der Waals surface area contributed by atoms with Crippen LogP contribution in [-0.2, 0) is 0 Å². The number of fused-ring (bicyclic) bond motifs is 1. The molecule has 0 fully saturated rings. The van der Waals surface area contributed by atoms with Crippen molar-refractivity contribution in [2.75, 3.05) is 5.32 Å². The van der Waals surface area contributed by atoms with Crippen molar-refractivity contribution in [3.05, 3.63) is 78.1 Å². The van der Waals surface area contributed by atoms with Gasteiger partial charge < -0.3 is 5.32 Å². The van der Waals surface area contributed by atoms with Crippen LogP contribution in [0, 0.1) is 6.92 Å². The summed E-state index contributed by atoms with van der Waals surface area (Å²) in [5.74, 6) is -0.114. The van der Waals surface area contributed by atoms with E-state index in [1.165, 1.54) is 6.20 Å². The highest BCUT2D eigenvalue weighted by molar-refractivity contribution is 6.04. The Morgan fingerprint density at radius 2 is 1.79 bits per heavy atom. The topological polar surface area (TPSA) is 59.8 Å². The Morgan fingerprint density at radius 1 is 1.04 bits per heavy atom. The summed E-state index contributed by atoms with van der Waals surface area (Å²) in [7, 11) is 0. The van der Waals surface area contributed by atoms with E-state index in [2.05, 4.69) is 15.3 Å². The predicted octanol–water partition coefficient (Wildman–Crippen LogP) is 5.05. The molecule has 2 heterocycles. The Kier molecular flexibility index (Phi) is 4.57. The number of hydrogen-bond donors (Lipinski definition) is 1. The fourth-order valence-corrected chi connectivity index (χ4v) is 2.95. The number of aromatic nitrogens is 3. The van der Waals surface area contributed by atoms with Gasteiger partial charge in [0.2, 0.25) is 0 Å². The van der Waals surface area contributed by atoms with E-state index in [9.17, 15) is 13.6 Å². The lowest BCUT2D eigenvalue weighted by Gasteiger charge is -2.09. The minimum absolute atomic E-state index is 0.178. The molecule has 0 aliphatic heterocycles. The molecule has 2 aromatic heterocycles. The summed E-state index contributed by atoms with van der Waals surface area (Å²) in [6.45, 7) is -0.872. The molecule has 4 aromatic rings. The van der Waals surface area contributed by atoms with Gasteiger partial charge in [-0.1, -0.05) is 12.1 Å². The van der Waals surface area contributed by atoms with Gasteiger partial charge in [0.25, 0.3) is 5.91 Å². The molecule has 7 heteroatoms. The number of nitrogens with one attached hydrogen (secondary N) is 1. The molecule has 0 bridgehead atoms. The van der Waals surface area contributed by atoms with E-state index in [0.717, 1.165) is 10.3 Å². The summed E-state index contributed by atoms with van der Waals surface area (Å²) in [6.07, 6.45) is 1.50. The van der Waals surface area contributed by atoms with Crippen LogP contribution in [0.5, 0.6) is 0 Å². The zero-order chi connectivity index (χ0) is 19.7. The Balaban J connectivity index is 1.62. The van der Waals surface area contributed by atoms with Gasteiger partial charge in [-0.2, -0.15) is 8.78 Å². The summed E-state index contributed by atoms with van der Waals surface area (Å²) in [4.78, 5) is 20.7. The van der Waals surface area contributed by atoms with Gasteiger partial charge in [0, 0.05) is 23.1 Å². The molecule has 0 spiro atoms. The molecule has 1 N–H and O–H groups in total. The van der Waals surface area contributed by atoms with Gasteiger partial charge in [-0.3, -0.25) is 14.3 Å². The van der Waals surface area contributed by atoms with Gasteiger partial charge in [-0.05, 0) is 55.5 Å². The lowest BCUT2D eigenvalue weighted by molar-refractivity contribution is 0.0764. The highest BCUT2D eigenvalue weighted by Crippen LogP contribution is 2.30. The van der Waals surface area contributed by atoms with Crippen LogP contribution in [0.4, 0.5) is 14.5 Å². The number of carbonyl (C=O) groups excluding carboxylic acids is 1. The van der Waals surface area contributed by atoms with E-state index >= 15 is 0 Å². The maximum atomic E-state index is 13.6. The van der Waals surface area contributed by atoms with Crippen molar-refractivity contribution in [2.24, 2.45) is 0 Å². The summed E-state index contributed by atoms with van der Waals surface area (Å²) < 4.78 is 28.1. The van der Waals surface area contributed by atoms with E-state index in [0.29, 0.717) is 27.8 Å². The van der Waals surface area contributed by atoms with Crippen molar-refractivity contribution in [3.63, 3.8) is 0 Å². The molecular weight excluding hydrogens is 362 g/mol. The Morgan fingerprint density at radius 3 is 2.46 bits per heavy atom. The first-order valence-corrected chi connectivity index (χ1v) is 8.62. The molecule has 0 atom stereocenters. The fourth-order valence-electron chi connectivity index (χ4n) is 2.95. The second kappa shape index (κ2) is 7.19. The molecular formula is C21H16F2N4O. The van der Waals surface area contributed by atoms with Crippen LogP contribution in [0.2, 0.25) is 0 Å². The molecule has 0 saturated heterocycles. The Labute approximate surface area is 159 Å². The number of hydrogen-bond acceptors (Lipinski definition) is 3. The van der Waals surface area contributed by atoms with Crippen molar-refractivity contribution in [1.29, 1.82) is 0 Å². The van der Waals surface area contributed by atoms with Crippen LogP contribution in [0.1, 0.15) is 22.6 Å². The van der Waals surface area contributed by atoms with Gasteiger partial charge in [0.15, 0.2) is 0 Å². The van der Waals surface area contributed by atoms with E-state index in [-0.39, 0.29) is 11.7 Å². The van der Waals surface area contributed by atoms with Crippen molar-refractivity contribution >= 4 is 22.6 Å². The number of benzene rings is 2. The quantitative estimate of drug-likeness (QED) is 0.540. The second-order valence-corrected chi connectivity index (χ2v) is 6.29. The normalized spacial score (nSPS) is 11.1. The van der Waals surface area contributed by atoms with Crippen LogP contribution < -0.4 is 5.32 Å². The first-order valence-electron chi connectivity index (χ1n) is 8.62.